The number of hydrogen-bond acceptors (Lipinski definition) is 4. The molecule has 0 aliphatic heterocycles. The van der Waals surface area contributed by atoms with Gasteiger partial charge in [-0.25, -0.2) is 9.18 Å². The first-order chi connectivity index (χ1) is 9.35. The van der Waals surface area contributed by atoms with E-state index < -0.39 is 23.7 Å². The van der Waals surface area contributed by atoms with Crippen molar-refractivity contribution in [1.29, 1.82) is 0 Å². The lowest BCUT2D eigenvalue weighted by atomic mass is 10.0. The number of esters is 1. The Kier molecular flexibility index (Phi) is 5.49. The summed E-state index contributed by atoms with van der Waals surface area (Å²) in [7, 11) is 1.25. The maximum Gasteiger partial charge on any atom is 0.328 e. The molecule has 0 bridgehead atoms. The van der Waals surface area contributed by atoms with Gasteiger partial charge < -0.3 is 15.8 Å². The monoisotopic (exact) mass is 282 g/mol. The number of amides is 1. The smallest absolute Gasteiger partial charge is 0.328 e. The Hall–Kier alpha value is -2.11. The van der Waals surface area contributed by atoms with Crippen LogP contribution >= 0.6 is 0 Å². The molecule has 1 amide bonds. The number of methoxy groups -OCH3 is 1. The van der Waals surface area contributed by atoms with Crippen LogP contribution in [0.4, 0.5) is 10.1 Å². The largest absolute Gasteiger partial charge is 0.467 e. The Labute approximate surface area is 117 Å². The van der Waals surface area contributed by atoms with Crippen LogP contribution in [0.1, 0.15) is 30.6 Å². The summed E-state index contributed by atoms with van der Waals surface area (Å²) < 4.78 is 17.8. The minimum absolute atomic E-state index is 0.00246. The Morgan fingerprint density at radius 2 is 2.05 bits per heavy atom. The molecule has 1 atom stereocenters. The standard InChI is InChI=1S/C14H19FN2O3/c1-8(2)6-12(14(19)20-3)17-13(18)10-7-9(15)4-5-11(10)16/h4-5,7-8,12H,6,16H2,1-3H3,(H,17,18)/t12-/m0/s1. The van der Waals surface area contributed by atoms with E-state index in [4.69, 9.17) is 5.73 Å². The van der Waals surface area contributed by atoms with E-state index in [1.54, 1.807) is 0 Å². The first-order valence-electron chi connectivity index (χ1n) is 6.28. The zero-order chi connectivity index (χ0) is 15.3. The molecule has 0 aromatic heterocycles. The molecular weight excluding hydrogens is 263 g/mol. The summed E-state index contributed by atoms with van der Waals surface area (Å²) in [5, 5.41) is 2.52. The van der Waals surface area contributed by atoms with Gasteiger partial charge in [-0.3, -0.25) is 4.79 Å². The number of rotatable bonds is 5. The van der Waals surface area contributed by atoms with Crippen molar-refractivity contribution in [3.05, 3.63) is 29.6 Å². The lowest BCUT2D eigenvalue weighted by Crippen LogP contribution is -2.42. The molecule has 0 saturated carbocycles. The van der Waals surface area contributed by atoms with Crippen molar-refractivity contribution in [2.75, 3.05) is 12.8 Å². The van der Waals surface area contributed by atoms with Gasteiger partial charge in [-0.1, -0.05) is 13.8 Å². The summed E-state index contributed by atoms with van der Waals surface area (Å²) in [4.78, 5) is 23.7. The highest BCUT2D eigenvalue weighted by Crippen LogP contribution is 2.14. The predicted molar refractivity (Wildman–Crippen MR) is 73.5 cm³/mol. The van der Waals surface area contributed by atoms with Crippen LogP contribution in [-0.2, 0) is 9.53 Å². The maximum atomic E-state index is 13.2. The van der Waals surface area contributed by atoms with Gasteiger partial charge in [-0.05, 0) is 30.5 Å². The first-order valence-corrected chi connectivity index (χ1v) is 6.28. The Morgan fingerprint density at radius 1 is 1.40 bits per heavy atom. The molecule has 0 aliphatic carbocycles. The van der Waals surface area contributed by atoms with Gasteiger partial charge in [-0.15, -0.1) is 0 Å². The second kappa shape index (κ2) is 6.88. The minimum Gasteiger partial charge on any atom is -0.467 e. The third-order valence-corrected chi connectivity index (χ3v) is 2.76. The quantitative estimate of drug-likeness (QED) is 0.636. The number of anilines is 1. The van der Waals surface area contributed by atoms with E-state index in [0.29, 0.717) is 6.42 Å². The highest BCUT2D eigenvalue weighted by Gasteiger charge is 2.24. The van der Waals surface area contributed by atoms with E-state index in [0.717, 1.165) is 12.1 Å². The molecule has 0 spiro atoms. The van der Waals surface area contributed by atoms with Crippen molar-refractivity contribution < 1.29 is 18.7 Å². The highest BCUT2D eigenvalue weighted by atomic mass is 19.1. The second-order valence-electron chi connectivity index (χ2n) is 4.91. The topological polar surface area (TPSA) is 81.4 Å². The number of halogens is 1. The Morgan fingerprint density at radius 3 is 2.60 bits per heavy atom. The van der Waals surface area contributed by atoms with Gasteiger partial charge in [-0.2, -0.15) is 0 Å². The van der Waals surface area contributed by atoms with Crippen LogP contribution in [0.25, 0.3) is 0 Å². The summed E-state index contributed by atoms with van der Waals surface area (Å²) in [5.41, 5.74) is 5.78. The molecule has 0 aliphatic rings. The van der Waals surface area contributed by atoms with E-state index >= 15 is 0 Å². The van der Waals surface area contributed by atoms with Crippen LogP contribution in [0.5, 0.6) is 0 Å². The van der Waals surface area contributed by atoms with Gasteiger partial charge in [0.05, 0.1) is 12.7 Å². The van der Waals surface area contributed by atoms with Crippen molar-refractivity contribution in [2.24, 2.45) is 5.92 Å². The molecule has 1 aromatic rings. The van der Waals surface area contributed by atoms with E-state index in [-0.39, 0.29) is 17.2 Å². The van der Waals surface area contributed by atoms with Crippen molar-refractivity contribution in [2.45, 2.75) is 26.3 Å². The van der Waals surface area contributed by atoms with Gasteiger partial charge in [0, 0.05) is 5.69 Å². The number of nitrogen functional groups attached to an aromatic ring is 1. The average Bonchev–Trinajstić information content (AvgIpc) is 2.39. The average molecular weight is 282 g/mol. The summed E-state index contributed by atoms with van der Waals surface area (Å²) >= 11 is 0. The molecule has 0 heterocycles. The molecule has 0 radical (unpaired) electrons. The summed E-state index contributed by atoms with van der Waals surface area (Å²) in [6, 6.07) is 2.72. The molecule has 5 nitrogen and oxygen atoms in total. The number of ether oxygens (including phenoxy) is 1. The molecule has 0 unspecified atom stereocenters. The molecule has 6 heteroatoms. The predicted octanol–water partition coefficient (Wildman–Crippen LogP) is 1.73. The normalized spacial score (nSPS) is 12.1. The highest BCUT2D eigenvalue weighted by molar-refractivity contribution is 6.00. The number of hydrogen-bond donors (Lipinski definition) is 2. The maximum absolute atomic E-state index is 13.2. The molecule has 1 aromatic carbocycles. The van der Waals surface area contributed by atoms with Crippen LogP contribution in [0.2, 0.25) is 0 Å². The van der Waals surface area contributed by atoms with Crippen LogP contribution < -0.4 is 11.1 Å². The van der Waals surface area contributed by atoms with Crippen molar-refractivity contribution in [3.8, 4) is 0 Å². The van der Waals surface area contributed by atoms with E-state index in [1.807, 2.05) is 13.8 Å². The van der Waals surface area contributed by atoms with Gasteiger partial charge in [0.1, 0.15) is 11.9 Å². The number of carbonyl (C=O) groups excluding carboxylic acids is 2. The summed E-state index contributed by atoms with van der Waals surface area (Å²) in [6.07, 6.45) is 0.424. The van der Waals surface area contributed by atoms with Gasteiger partial charge in [0.2, 0.25) is 0 Å². The fourth-order valence-corrected chi connectivity index (χ4v) is 1.79. The zero-order valence-corrected chi connectivity index (χ0v) is 11.8. The summed E-state index contributed by atoms with van der Waals surface area (Å²) in [5.74, 6) is -1.52. The minimum atomic E-state index is -0.782. The molecule has 1 rings (SSSR count). The third-order valence-electron chi connectivity index (χ3n) is 2.76. The van der Waals surface area contributed by atoms with Crippen molar-refractivity contribution in [1.82, 2.24) is 5.32 Å². The number of benzene rings is 1. The number of nitrogens with one attached hydrogen (secondary N) is 1. The van der Waals surface area contributed by atoms with E-state index in [9.17, 15) is 14.0 Å². The van der Waals surface area contributed by atoms with Crippen LogP contribution in [-0.4, -0.2) is 25.0 Å². The molecule has 110 valence electrons. The zero-order valence-electron chi connectivity index (χ0n) is 11.8. The molecule has 0 saturated heterocycles. The molecule has 20 heavy (non-hydrogen) atoms. The lowest BCUT2D eigenvalue weighted by molar-refractivity contribution is -0.143. The van der Waals surface area contributed by atoms with Crippen molar-refractivity contribution in [3.63, 3.8) is 0 Å². The molecular formula is C14H19FN2O3. The number of nitrogens with two attached hydrogens (primary N) is 1. The van der Waals surface area contributed by atoms with E-state index in [2.05, 4.69) is 10.1 Å². The lowest BCUT2D eigenvalue weighted by Gasteiger charge is -2.18. The molecule has 3 N–H and O–H groups in total. The second-order valence-corrected chi connectivity index (χ2v) is 4.91. The Bertz CT molecular complexity index is 503. The third kappa shape index (κ3) is 4.22. The fraction of sp³-hybridized carbons (Fsp3) is 0.429. The molecule has 0 fully saturated rings. The van der Waals surface area contributed by atoms with Gasteiger partial charge >= 0.3 is 5.97 Å². The first kappa shape index (κ1) is 15.9. The Balaban J connectivity index is 2.90. The fourth-order valence-electron chi connectivity index (χ4n) is 1.79. The van der Waals surface area contributed by atoms with Gasteiger partial charge in [0.25, 0.3) is 5.91 Å². The van der Waals surface area contributed by atoms with Crippen LogP contribution in [0.3, 0.4) is 0 Å². The van der Waals surface area contributed by atoms with Gasteiger partial charge in [0.15, 0.2) is 0 Å². The van der Waals surface area contributed by atoms with Crippen LogP contribution in [0, 0.1) is 11.7 Å². The van der Waals surface area contributed by atoms with Crippen molar-refractivity contribution >= 4 is 17.6 Å². The summed E-state index contributed by atoms with van der Waals surface area (Å²) in [6.45, 7) is 3.83. The van der Waals surface area contributed by atoms with Crippen LogP contribution in [0.15, 0.2) is 18.2 Å². The van der Waals surface area contributed by atoms with E-state index in [1.165, 1.54) is 13.2 Å². The number of carbonyl (C=O) groups is 2. The SMILES string of the molecule is COC(=O)[C@H](CC(C)C)NC(=O)c1cc(F)ccc1N.